The van der Waals surface area contributed by atoms with E-state index in [0.29, 0.717) is 28.1 Å². The van der Waals surface area contributed by atoms with Crippen molar-refractivity contribution in [3.05, 3.63) is 98.4 Å². The number of nitrogens with one attached hydrogen (secondary N) is 1. The third-order valence-corrected chi connectivity index (χ3v) is 6.28. The van der Waals surface area contributed by atoms with Gasteiger partial charge in [0.2, 0.25) is 0 Å². The quantitative estimate of drug-likeness (QED) is 0.194. The molecular weight excluding hydrogens is 564 g/mol. The monoisotopic (exact) mass is 582 g/mol. The molecule has 0 bridgehead atoms. The summed E-state index contributed by atoms with van der Waals surface area (Å²) in [5.41, 5.74) is 4.30. The summed E-state index contributed by atoms with van der Waals surface area (Å²) in [6.45, 7) is 0.384. The lowest BCUT2D eigenvalue weighted by Gasteiger charge is -2.13. The van der Waals surface area contributed by atoms with E-state index in [4.69, 9.17) is 9.47 Å². The number of hydrogen-bond donors (Lipinski definition) is 2. The van der Waals surface area contributed by atoms with E-state index < -0.39 is 5.91 Å². The summed E-state index contributed by atoms with van der Waals surface area (Å²) in [7, 11) is 1.56. The first-order valence-corrected chi connectivity index (χ1v) is 11.8. The smallest absolute Gasteiger partial charge is 0.275 e. The Morgan fingerprint density at radius 2 is 1.71 bits per heavy atom. The summed E-state index contributed by atoms with van der Waals surface area (Å²) in [5.74, 6) is 0.471. The SMILES string of the molecule is COc1cc(C=NNC(=O)c2cc3ccccc3cc2O)c(Br)cc1OCc1ccc(Br)cc1. The maximum absolute atomic E-state index is 12.6. The number of rotatable bonds is 7. The fraction of sp³-hybridized carbons (Fsp3) is 0.0769. The lowest BCUT2D eigenvalue weighted by molar-refractivity contribution is 0.0952. The maximum Gasteiger partial charge on any atom is 0.275 e. The van der Waals surface area contributed by atoms with Gasteiger partial charge in [0.05, 0.1) is 18.9 Å². The molecule has 0 aliphatic rings. The van der Waals surface area contributed by atoms with Gasteiger partial charge in [-0.3, -0.25) is 4.79 Å². The molecule has 172 valence electrons. The predicted octanol–water partition coefficient (Wildman–Crippen LogP) is 6.42. The van der Waals surface area contributed by atoms with Crippen LogP contribution in [-0.4, -0.2) is 24.3 Å². The highest BCUT2D eigenvalue weighted by Gasteiger charge is 2.13. The number of phenolic OH excluding ortho intramolecular Hbond substituents is 1. The number of fused-ring (bicyclic) bond motifs is 1. The molecule has 0 heterocycles. The van der Waals surface area contributed by atoms with E-state index in [1.54, 1.807) is 31.4 Å². The number of halogens is 2. The average molecular weight is 584 g/mol. The molecule has 8 heteroatoms. The number of hydrazone groups is 1. The second kappa shape index (κ2) is 10.7. The predicted molar refractivity (Wildman–Crippen MR) is 140 cm³/mol. The minimum atomic E-state index is -0.517. The number of benzene rings is 4. The zero-order valence-corrected chi connectivity index (χ0v) is 21.3. The summed E-state index contributed by atoms with van der Waals surface area (Å²) in [4.78, 5) is 12.6. The fourth-order valence-electron chi connectivity index (χ4n) is 3.29. The lowest BCUT2D eigenvalue weighted by Crippen LogP contribution is -2.17. The molecule has 0 radical (unpaired) electrons. The van der Waals surface area contributed by atoms with Gasteiger partial charge >= 0.3 is 0 Å². The van der Waals surface area contributed by atoms with Gasteiger partial charge < -0.3 is 14.6 Å². The molecular formula is C26H20Br2N2O4. The first kappa shape index (κ1) is 23.8. The minimum Gasteiger partial charge on any atom is -0.507 e. The van der Waals surface area contributed by atoms with Gasteiger partial charge in [0.15, 0.2) is 11.5 Å². The zero-order valence-electron chi connectivity index (χ0n) is 18.1. The second-order valence-corrected chi connectivity index (χ2v) is 9.13. The molecule has 0 unspecified atom stereocenters. The van der Waals surface area contributed by atoms with Crippen molar-refractivity contribution in [1.82, 2.24) is 5.43 Å². The Hall–Kier alpha value is -3.36. The molecule has 2 N–H and O–H groups in total. The number of carbonyl (C=O) groups is 1. The van der Waals surface area contributed by atoms with Crippen molar-refractivity contribution in [3.8, 4) is 17.2 Å². The van der Waals surface area contributed by atoms with Crippen molar-refractivity contribution in [3.63, 3.8) is 0 Å². The van der Waals surface area contributed by atoms with Gasteiger partial charge in [-0.15, -0.1) is 0 Å². The van der Waals surface area contributed by atoms with Crippen molar-refractivity contribution >= 4 is 54.8 Å². The first-order valence-electron chi connectivity index (χ1n) is 10.2. The van der Waals surface area contributed by atoms with Crippen LogP contribution in [0, 0.1) is 0 Å². The summed E-state index contributed by atoms with van der Waals surface area (Å²) >= 11 is 6.93. The van der Waals surface area contributed by atoms with Crippen LogP contribution in [0.2, 0.25) is 0 Å². The summed E-state index contributed by atoms with van der Waals surface area (Å²) in [6, 6.07) is 22.1. The molecule has 1 amide bonds. The van der Waals surface area contributed by atoms with Crippen LogP contribution in [0.5, 0.6) is 17.2 Å². The molecule has 0 aromatic heterocycles. The van der Waals surface area contributed by atoms with Crippen molar-refractivity contribution in [2.75, 3.05) is 7.11 Å². The molecule has 4 aromatic rings. The van der Waals surface area contributed by atoms with Gasteiger partial charge in [0, 0.05) is 14.5 Å². The fourth-order valence-corrected chi connectivity index (χ4v) is 3.98. The van der Waals surface area contributed by atoms with Gasteiger partial charge in [0.25, 0.3) is 5.91 Å². The van der Waals surface area contributed by atoms with Crippen molar-refractivity contribution in [2.45, 2.75) is 6.61 Å². The van der Waals surface area contributed by atoms with E-state index in [2.05, 4.69) is 42.4 Å². The van der Waals surface area contributed by atoms with Crippen LogP contribution >= 0.6 is 31.9 Å². The maximum atomic E-state index is 12.6. The number of hydrogen-bond acceptors (Lipinski definition) is 5. The topological polar surface area (TPSA) is 80.2 Å². The van der Waals surface area contributed by atoms with Gasteiger partial charge in [-0.05, 0) is 68.7 Å². The molecule has 0 saturated heterocycles. The molecule has 0 aliphatic heterocycles. The number of phenols is 1. The average Bonchev–Trinajstić information content (AvgIpc) is 2.84. The van der Waals surface area contributed by atoms with Crippen LogP contribution in [0.3, 0.4) is 0 Å². The Morgan fingerprint density at radius 3 is 2.41 bits per heavy atom. The molecule has 6 nitrogen and oxygen atoms in total. The molecule has 0 aliphatic carbocycles. The van der Waals surface area contributed by atoms with Crippen LogP contribution in [0.25, 0.3) is 10.8 Å². The zero-order chi connectivity index (χ0) is 24.1. The first-order chi connectivity index (χ1) is 16.4. The number of methoxy groups -OCH3 is 1. The Labute approximate surface area is 213 Å². The number of nitrogens with zero attached hydrogens (tertiary/aromatic N) is 1. The molecule has 4 rings (SSSR count). The number of ether oxygens (including phenoxy) is 2. The number of aromatic hydroxyl groups is 1. The van der Waals surface area contributed by atoms with Gasteiger partial charge in [-0.2, -0.15) is 5.10 Å². The van der Waals surface area contributed by atoms with E-state index in [9.17, 15) is 9.90 Å². The van der Waals surface area contributed by atoms with Crippen LogP contribution in [0.1, 0.15) is 21.5 Å². The second-order valence-electron chi connectivity index (χ2n) is 7.36. The highest BCUT2D eigenvalue weighted by atomic mass is 79.9. The van der Waals surface area contributed by atoms with Crippen LogP contribution < -0.4 is 14.9 Å². The van der Waals surface area contributed by atoms with Crippen molar-refractivity contribution in [1.29, 1.82) is 0 Å². The van der Waals surface area contributed by atoms with E-state index in [0.717, 1.165) is 20.8 Å². The van der Waals surface area contributed by atoms with E-state index >= 15 is 0 Å². The lowest BCUT2D eigenvalue weighted by atomic mass is 10.1. The molecule has 0 atom stereocenters. The molecule has 0 saturated carbocycles. The molecule has 4 aromatic carbocycles. The highest BCUT2D eigenvalue weighted by Crippen LogP contribution is 2.33. The minimum absolute atomic E-state index is 0.110. The normalized spacial score (nSPS) is 11.0. The largest absolute Gasteiger partial charge is 0.507 e. The van der Waals surface area contributed by atoms with Crippen molar-refractivity contribution < 1.29 is 19.4 Å². The van der Waals surface area contributed by atoms with Crippen LogP contribution in [0.15, 0.2) is 86.8 Å². The number of amides is 1. The molecule has 0 fully saturated rings. The van der Waals surface area contributed by atoms with Crippen LogP contribution in [-0.2, 0) is 6.61 Å². The third kappa shape index (κ3) is 5.58. The Balaban J connectivity index is 1.46. The third-order valence-electron chi connectivity index (χ3n) is 5.07. The van der Waals surface area contributed by atoms with Gasteiger partial charge in [-0.25, -0.2) is 5.43 Å². The van der Waals surface area contributed by atoms with Gasteiger partial charge in [-0.1, -0.05) is 52.3 Å². The number of carbonyl (C=O) groups excluding carboxylic acids is 1. The summed E-state index contributed by atoms with van der Waals surface area (Å²) in [5, 5.41) is 16.0. The molecule has 34 heavy (non-hydrogen) atoms. The van der Waals surface area contributed by atoms with Crippen LogP contribution in [0.4, 0.5) is 0 Å². The Bertz CT molecular complexity index is 1370. The summed E-state index contributed by atoms with van der Waals surface area (Å²) in [6.07, 6.45) is 1.49. The molecule has 0 spiro atoms. The van der Waals surface area contributed by atoms with E-state index in [-0.39, 0.29) is 11.3 Å². The van der Waals surface area contributed by atoms with E-state index in [1.807, 2.05) is 48.5 Å². The Kier molecular flexibility index (Phi) is 7.49. The van der Waals surface area contributed by atoms with E-state index in [1.165, 1.54) is 6.21 Å². The standard InChI is InChI=1S/C26H20Br2N2O4/c1-33-24-12-19(22(28)13-25(24)34-15-16-6-8-20(27)9-7-16)14-29-30-26(32)21-10-17-4-2-3-5-18(17)11-23(21)31/h2-14,31H,15H2,1H3,(H,30,32). The summed E-state index contributed by atoms with van der Waals surface area (Å²) < 4.78 is 13.1. The highest BCUT2D eigenvalue weighted by molar-refractivity contribution is 9.10. The van der Waals surface area contributed by atoms with Crippen molar-refractivity contribution in [2.24, 2.45) is 5.10 Å². The van der Waals surface area contributed by atoms with Gasteiger partial charge in [0.1, 0.15) is 12.4 Å². The Morgan fingerprint density at radius 1 is 1.00 bits per heavy atom.